The van der Waals surface area contributed by atoms with Gasteiger partial charge in [-0.05, 0) is 65.8 Å². The number of morpholine rings is 1. The molecule has 1 saturated heterocycles. The molecule has 0 unspecified atom stereocenters. The number of amides is 1. The van der Waals surface area contributed by atoms with Crippen molar-refractivity contribution < 1.29 is 19.4 Å². The molecule has 1 aromatic heterocycles. The highest BCUT2D eigenvalue weighted by atomic mass is 35.5. The van der Waals surface area contributed by atoms with Crippen LogP contribution in [0.5, 0.6) is 0 Å². The number of hydrogen-bond acceptors (Lipinski definition) is 5. The van der Waals surface area contributed by atoms with E-state index in [1.165, 1.54) is 6.33 Å². The first-order valence-corrected chi connectivity index (χ1v) is 12.1. The van der Waals surface area contributed by atoms with E-state index in [4.69, 9.17) is 27.9 Å². The summed E-state index contributed by atoms with van der Waals surface area (Å²) in [5.41, 5.74) is 3.17. The van der Waals surface area contributed by atoms with Crippen molar-refractivity contribution in [2.45, 2.75) is 37.5 Å². The topological polar surface area (TPSA) is 92.6 Å². The Bertz CT molecular complexity index is 1240. The molecular formula is C26H23Cl2N3O4. The van der Waals surface area contributed by atoms with Crippen molar-refractivity contribution >= 4 is 35.1 Å². The summed E-state index contributed by atoms with van der Waals surface area (Å²) < 4.78 is 6.28. The van der Waals surface area contributed by atoms with E-state index in [0.29, 0.717) is 22.5 Å². The molecule has 0 radical (unpaired) electrons. The Balaban J connectivity index is 1.62. The smallest absolute Gasteiger partial charge is 0.306 e. The predicted molar refractivity (Wildman–Crippen MR) is 131 cm³/mol. The Morgan fingerprint density at radius 1 is 1.00 bits per heavy atom. The lowest BCUT2D eigenvalue weighted by Gasteiger charge is -2.45. The van der Waals surface area contributed by atoms with Crippen LogP contribution in [0.2, 0.25) is 10.0 Å². The number of hydrogen-bond donors (Lipinski definition) is 1. The summed E-state index contributed by atoms with van der Waals surface area (Å²) in [5, 5.41) is 10.5. The van der Waals surface area contributed by atoms with Crippen LogP contribution in [-0.2, 0) is 14.3 Å². The Labute approximate surface area is 212 Å². The predicted octanol–water partition coefficient (Wildman–Crippen LogP) is 5.34. The number of carboxylic acids is 1. The lowest BCUT2D eigenvalue weighted by Crippen LogP contribution is -2.52. The van der Waals surface area contributed by atoms with Gasteiger partial charge in [-0.3, -0.25) is 9.59 Å². The second-order valence-electron chi connectivity index (χ2n) is 8.97. The second kappa shape index (κ2) is 9.93. The quantitative estimate of drug-likeness (QED) is 0.459. The fourth-order valence-corrected chi connectivity index (χ4v) is 4.91. The normalized spacial score (nSPS) is 22.3. The van der Waals surface area contributed by atoms with Crippen LogP contribution in [0.1, 0.15) is 42.5 Å². The zero-order valence-electron chi connectivity index (χ0n) is 18.7. The average molecular weight is 512 g/mol. The monoisotopic (exact) mass is 511 g/mol. The summed E-state index contributed by atoms with van der Waals surface area (Å²) in [5.74, 6) is -1.00. The number of rotatable bonds is 7. The number of carbonyl (C=O) groups is 2. The maximum absolute atomic E-state index is 13.5. The van der Waals surface area contributed by atoms with Crippen LogP contribution in [0.15, 0.2) is 61.2 Å². The molecule has 180 valence electrons. The van der Waals surface area contributed by atoms with Gasteiger partial charge in [-0.2, -0.15) is 0 Å². The molecular weight excluding hydrogens is 489 g/mol. The van der Waals surface area contributed by atoms with E-state index in [1.807, 2.05) is 24.3 Å². The number of carbonyl (C=O) groups excluding carboxylic acids is 1. The summed E-state index contributed by atoms with van der Waals surface area (Å²) in [6.07, 6.45) is 4.77. The maximum Gasteiger partial charge on any atom is 0.306 e. The third kappa shape index (κ3) is 5.32. The van der Waals surface area contributed by atoms with Crippen LogP contribution in [0, 0.1) is 5.92 Å². The SMILES string of the molecule is O=C(O)C[C@@H]1O[C@H](c2cc(Cl)cc(-c3cncnc3)c2)[C@@H](c2ccc(Cl)cc2)N(CC2CC2)C1=O. The van der Waals surface area contributed by atoms with Crippen molar-refractivity contribution in [1.82, 2.24) is 14.9 Å². The molecule has 2 heterocycles. The molecule has 3 aromatic rings. The summed E-state index contributed by atoms with van der Waals surface area (Å²) in [7, 11) is 0. The molecule has 2 aliphatic rings. The molecule has 1 aliphatic heterocycles. The van der Waals surface area contributed by atoms with Gasteiger partial charge >= 0.3 is 5.97 Å². The third-order valence-electron chi connectivity index (χ3n) is 6.36. The first-order valence-electron chi connectivity index (χ1n) is 11.4. The van der Waals surface area contributed by atoms with Gasteiger partial charge in [0, 0.05) is 34.5 Å². The Kier molecular flexibility index (Phi) is 6.73. The molecule has 3 atom stereocenters. The van der Waals surface area contributed by atoms with Crippen molar-refractivity contribution in [3.8, 4) is 11.1 Å². The first kappa shape index (κ1) is 23.7. The number of aliphatic carboxylic acids is 1. The Morgan fingerprint density at radius 3 is 2.37 bits per heavy atom. The van der Waals surface area contributed by atoms with Crippen molar-refractivity contribution in [3.63, 3.8) is 0 Å². The van der Waals surface area contributed by atoms with E-state index in [0.717, 1.165) is 35.1 Å². The largest absolute Gasteiger partial charge is 0.481 e. The molecule has 1 aliphatic carbocycles. The van der Waals surface area contributed by atoms with E-state index in [2.05, 4.69) is 9.97 Å². The molecule has 0 bridgehead atoms. The Hall–Kier alpha value is -3.00. The number of aromatic nitrogens is 2. The third-order valence-corrected chi connectivity index (χ3v) is 6.83. The molecule has 5 rings (SSSR count). The van der Waals surface area contributed by atoms with Gasteiger partial charge in [-0.25, -0.2) is 9.97 Å². The minimum absolute atomic E-state index is 0.311. The summed E-state index contributed by atoms with van der Waals surface area (Å²) in [6.45, 7) is 0.544. The van der Waals surface area contributed by atoms with Crippen LogP contribution < -0.4 is 0 Å². The lowest BCUT2D eigenvalue weighted by molar-refractivity contribution is -0.179. The van der Waals surface area contributed by atoms with Crippen molar-refractivity contribution in [1.29, 1.82) is 0 Å². The molecule has 1 saturated carbocycles. The minimum atomic E-state index is -1.10. The van der Waals surface area contributed by atoms with E-state index in [9.17, 15) is 14.7 Å². The fourth-order valence-electron chi connectivity index (χ4n) is 4.54. The van der Waals surface area contributed by atoms with Crippen LogP contribution in [0.4, 0.5) is 0 Å². The van der Waals surface area contributed by atoms with Gasteiger partial charge in [0.25, 0.3) is 5.91 Å². The standard InChI is InChI=1S/C26H23Cl2N3O4/c27-20-5-3-16(4-6-20)24-25(18-7-17(8-21(28)9-18)19-11-29-14-30-12-19)35-22(10-23(32)33)26(34)31(24)13-15-1-2-15/h3-9,11-12,14-15,22,24-25H,1-2,10,13H2,(H,32,33)/t22-,24+,25+/m0/s1. The number of ether oxygens (including phenoxy) is 1. The van der Waals surface area contributed by atoms with Gasteiger partial charge in [0.05, 0.1) is 12.5 Å². The average Bonchev–Trinajstić information content (AvgIpc) is 3.66. The molecule has 1 amide bonds. The number of halogens is 2. The molecule has 2 fully saturated rings. The number of nitrogens with zero attached hydrogens (tertiary/aromatic N) is 3. The molecule has 0 spiro atoms. The highest BCUT2D eigenvalue weighted by Gasteiger charge is 2.46. The van der Waals surface area contributed by atoms with Gasteiger partial charge in [-0.15, -0.1) is 0 Å². The highest BCUT2D eigenvalue weighted by molar-refractivity contribution is 6.31. The van der Waals surface area contributed by atoms with Crippen LogP contribution in [-0.4, -0.2) is 44.5 Å². The molecule has 2 aromatic carbocycles. The number of benzene rings is 2. The zero-order valence-corrected chi connectivity index (χ0v) is 20.2. The second-order valence-corrected chi connectivity index (χ2v) is 9.85. The fraction of sp³-hybridized carbons (Fsp3) is 0.308. The van der Waals surface area contributed by atoms with Gasteiger partial charge < -0.3 is 14.7 Å². The zero-order chi connectivity index (χ0) is 24.5. The summed E-state index contributed by atoms with van der Waals surface area (Å²) in [6, 6.07) is 12.4. The van der Waals surface area contributed by atoms with Crippen LogP contribution in [0.3, 0.4) is 0 Å². The minimum Gasteiger partial charge on any atom is -0.481 e. The lowest BCUT2D eigenvalue weighted by atomic mass is 9.89. The van der Waals surface area contributed by atoms with Gasteiger partial charge in [0.1, 0.15) is 18.5 Å². The molecule has 7 nitrogen and oxygen atoms in total. The molecule has 1 N–H and O–H groups in total. The van der Waals surface area contributed by atoms with Gasteiger partial charge in [0.2, 0.25) is 0 Å². The van der Waals surface area contributed by atoms with E-state index in [-0.39, 0.29) is 5.91 Å². The van der Waals surface area contributed by atoms with E-state index >= 15 is 0 Å². The van der Waals surface area contributed by atoms with Gasteiger partial charge in [0.15, 0.2) is 0 Å². The van der Waals surface area contributed by atoms with E-state index < -0.39 is 30.6 Å². The summed E-state index contributed by atoms with van der Waals surface area (Å²) in [4.78, 5) is 35.0. The van der Waals surface area contributed by atoms with Crippen LogP contribution >= 0.6 is 23.2 Å². The van der Waals surface area contributed by atoms with E-state index in [1.54, 1.807) is 35.5 Å². The number of carboxylic acid groups (broad SMARTS) is 1. The van der Waals surface area contributed by atoms with Crippen LogP contribution in [0.25, 0.3) is 11.1 Å². The summed E-state index contributed by atoms with van der Waals surface area (Å²) >= 11 is 12.7. The van der Waals surface area contributed by atoms with Crippen molar-refractivity contribution in [2.75, 3.05) is 6.54 Å². The van der Waals surface area contributed by atoms with Crippen molar-refractivity contribution in [2.24, 2.45) is 5.92 Å². The van der Waals surface area contributed by atoms with Gasteiger partial charge in [-0.1, -0.05) is 35.3 Å². The molecule has 35 heavy (non-hydrogen) atoms. The highest BCUT2D eigenvalue weighted by Crippen LogP contribution is 2.46. The first-order chi connectivity index (χ1) is 16.9. The Morgan fingerprint density at radius 2 is 1.71 bits per heavy atom. The van der Waals surface area contributed by atoms with Crippen molar-refractivity contribution in [3.05, 3.63) is 82.4 Å². The maximum atomic E-state index is 13.5. The molecule has 9 heteroatoms.